The lowest BCUT2D eigenvalue weighted by Gasteiger charge is -2.07. The highest BCUT2D eigenvalue weighted by molar-refractivity contribution is 7.07. The SMILES string of the molecule is O=C(O)c1ccc2c(NCCc3cscn3)ncnc2c1. The molecule has 106 valence electrons. The molecule has 0 aliphatic heterocycles. The van der Waals surface area contributed by atoms with E-state index in [1.165, 1.54) is 6.33 Å². The van der Waals surface area contributed by atoms with Crippen molar-refractivity contribution in [2.45, 2.75) is 6.42 Å². The maximum absolute atomic E-state index is 11.0. The maximum Gasteiger partial charge on any atom is 0.335 e. The van der Waals surface area contributed by atoms with Gasteiger partial charge in [-0.2, -0.15) is 0 Å². The van der Waals surface area contributed by atoms with E-state index in [0.717, 1.165) is 17.5 Å². The number of aromatic carboxylic acids is 1. The van der Waals surface area contributed by atoms with Crippen molar-refractivity contribution in [1.29, 1.82) is 0 Å². The van der Waals surface area contributed by atoms with Crippen molar-refractivity contribution in [2.75, 3.05) is 11.9 Å². The molecular weight excluding hydrogens is 288 g/mol. The summed E-state index contributed by atoms with van der Waals surface area (Å²) < 4.78 is 0. The van der Waals surface area contributed by atoms with E-state index >= 15 is 0 Å². The van der Waals surface area contributed by atoms with Gasteiger partial charge in [0.25, 0.3) is 0 Å². The topological polar surface area (TPSA) is 88.0 Å². The molecule has 0 atom stereocenters. The molecule has 21 heavy (non-hydrogen) atoms. The van der Waals surface area contributed by atoms with Crippen LogP contribution in [0.15, 0.2) is 35.4 Å². The van der Waals surface area contributed by atoms with Crippen molar-refractivity contribution in [2.24, 2.45) is 0 Å². The summed E-state index contributed by atoms with van der Waals surface area (Å²) in [5.41, 5.74) is 3.68. The number of aromatic nitrogens is 3. The van der Waals surface area contributed by atoms with Gasteiger partial charge in [-0.25, -0.2) is 19.7 Å². The molecule has 0 spiro atoms. The minimum Gasteiger partial charge on any atom is -0.478 e. The molecule has 7 heteroatoms. The molecule has 0 saturated heterocycles. The highest BCUT2D eigenvalue weighted by Crippen LogP contribution is 2.20. The van der Waals surface area contributed by atoms with E-state index in [9.17, 15) is 4.79 Å². The third-order valence-corrected chi connectivity index (χ3v) is 3.68. The third kappa shape index (κ3) is 2.97. The summed E-state index contributed by atoms with van der Waals surface area (Å²) in [5, 5.41) is 15.1. The van der Waals surface area contributed by atoms with Crippen LogP contribution in [0.2, 0.25) is 0 Å². The molecule has 0 amide bonds. The Hall–Kier alpha value is -2.54. The van der Waals surface area contributed by atoms with E-state index in [1.54, 1.807) is 29.5 Å². The molecule has 1 aromatic carbocycles. The fourth-order valence-electron chi connectivity index (χ4n) is 2.00. The molecule has 2 heterocycles. The first kappa shape index (κ1) is 13.4. The summed E-state index contributed by atoms with van der Waals surface area (Å²) >= 11 is 1.57. The Morgan fingerprint density at radius 3 is 2.95 bits per heavy atom. The molecule has 0 unspecified atom stereocenters. The Morgan fingerprint density at radius 2 is 2.19 bits per heavy atom. The van der Waals surface area contributed by atoms with Gasteiger partial charge in [0, 0.05) is 23.7 Å². The summed E-state index contributed by atoms with van der Waals surface area (Å²) in [6.45, 7) is 0.705. The normalized spacial score (nSPS) is 10.7. The minimum absolute atomic E-state index is 0.217. The van der Waals surface area contributed by atoms with Gasteiger partial charge in [-0.15, -0.1) is 11.3 Å². The zero-order chi connectivity index (χ0) is 14.7. The molecular formula is C14H12N4O2S. The number of fused-ring (bicyclic) bond motifs is 1. The number of carbonyl (C=O) groups is 1. The molecule has 0 saturated carbocycles. The number of nitrogens with zero attached hydrogens (tertiary/aromatic N) is 3. The Morgan fingerprint density at radius 1 is 1.29 bits per heavy atom. The molecule has 3 rings (SSSR count). The number of anilines is 1. The summed E-state index contributed by atoms with van der Waals surface area (Å²) in [7, 11) is 0. The first-order valence-corrected chi connectivity index (χ1v) is 7.27. The monoisotopic (exact) mass is 300 g/mol. The van der Waals surface area contributed by atoms with E-state index in [-0.39, 0.29) is 5.56 Å². The molecule has 3 aromatic rings. The Bertz CT molecular complexity index is 774. The van der Waals surface area contributed by atoms with Gasteiger partial charge in [0.2, 0.25) is 0 Å². The lowest BCUT2D eigenvalue weighted by molar-refractivity contribution is 0.0697. The summed E-state index contributed by atoms with van der Waals surface area (Å²) in [5.74, 6) is -0.263. The predicted molar refractivity (Wildman–Crippen MR) is 80.8 cm³/mol. The number of hydrogen-bond acceptors (Lipinski definition) is 6. The van der Waals surface area contributed by atoms with Crippen molar-refractivity contribution < 1.29 is 9.90 Å². The lowest BCUT2D eigenvalue weighted by atomic mass is 10.1. The van der Waals surface area contributed by atoms with Crippen molar-refractivity contribution >= 4 is 34.0 Å². The highest BCUT2D eigenvalue weighted by Gasteiger charge is 2.08. The Balaban J connectivity index is 1.80. The van der Waals surface area contributed by atoms with Crippen molar-refractivity contribution in [3.8, 4) is 0 Å². The molecule has 2 N–H and O–H groups in total. The van der Waals surface area contributed by atoms with Crippen LogP contribution in [-0.2, 0) is 6.42 Å². The van der Waals surface area contributed by atoms with Crippen LogP contribution in [0.1, 0.15) is 16.1 Å². The van der Waals surface area contributed by atoms with E-state index in [2.05, 4.69) is 20.3 Å². The van der Waals surface area contributed by atoms with Gasteiger partial charge in [-0.05, 0) is 18.2 Å². The largest absolute Gasteiger partial charge is 0.478 e. The lowest BCUT2D eigenvalue weighted by Crippen LogP contribution is -2.07. The Labute approximate surface area is 124 Å². The first-order chi connectivity index (χ1) is 10.2. The second-order valence-corrected chi connectivity index (χ2v) is 5.13. The quantitative estimate of drug-likeness (QED) is 0.752. The van der Waals surface area contributed by atoms with E-state index < -0.39 is 5.97 Å². The van der Waals surface area contributed by atoms with Gasteiger partial charge in [0.1, 0.15) is 12.1 Å². The number of benzene rings is 1. The van der Waals surface area contributed by atoms with Crippen LogP contribution in [-0.4, -0.2) is 32.6 Å². The number of thiazole rings is 1. The number of nitrogens with one attached hydrogen (secondary N) is 1. The zero-order valence-corrected chi connectivity index (χ0v) is 11.8. The fraction of sp³-hybridized carbons (Fsp3) is 0.143. The minimum atomic E-state index is -0.964. The smallest absolute Gasteiger partial charge is 0.335 e. The molecule has 0 bridgehead atoms. The van der Waals surface area contributed by atoms with Gasteiger partial charge in [-0.1, -0.05) is 0 Å². The van der Waals surface area contributed by atoms with Gasteiger partial charge in [-0.3, -0.25) is 0 Å². The molecule has 2 aromatic heterocycles. The summed E-state index contributed by atoms with van der Waals surface area (Å²) in [6.07, 6.45) is 2.24. The predicted octanol–water partition coefficient (Wildman–Crippen LogP) is 2.44. The van der Waals surface area contributed by atoms with E-state index in [0.29, 0.717) is 17.9 Å². The number of hydrogen-bond donors (Lipinski definition) is 2. The van der Waals surface area contributed by atoms with Crippen molar-refractivity contribution in [3.05, 3.63) is 46.7 Å². The van der Waals surface area contributed by atoms with Crippen molar-refractivity contribution in [1.82, 2.24) is 15.0 Å². The third-order valence-electron chi connectivity index (χ3n) is 3.04. The van der Waals surface area contributed by atoms with Gasteiger partial charge in [0.15, 0.2) is 0 Å². The average molecular weight is 300 g/mol. The van der Waals surface area contributed by atoms with Crippen LogP contribution in [0.4, 0.5) is 5.82 Å². The molecule has 0 aliphatic rings. The summed E-state index contributed by atoms with van der Waals surface area (Å²) in [6, 6.07) is 4.83. The van der Waals surface area contributed by atoms with Crippen LogP contribution >= 0.6 is 11.3 Å². The number of carboxylic acids is 1. The van der Waals surface area contributed by atoms with Gasteiger partial charge in [0.05, 0.1) is 22.3 Å². The van der Waals surface area contributed by atoms with Crippen LogP contribution in [0.3, 0.4) is 0 Å². The summed E-state index contributed by atoms with van der Waals surface area (Å²) in [4.78, 5) is 23.5. The second-order valence-electron chi connectivity index (χ2n) is 4.42. The number of carboxylic acid groups (broad SMARTS) is 1. The standard InChI is InChI=1S/C14H12N4O2S/c19-14(20)9-1-2-11-12(5-9)16-7-17-13(11)15-4-3-10-6-21-8-18-10/h1-2,5-8H,3-4H2,(H,19,20)(H,15,16,17). The number of rotatable bonds is 5. The first-order valence-electron chi connectivity index (χ1n) is 6.33. The van der Waals surface area contributed by atoms with E-state index in [1.807, 2.05) is 10.9 Å². The second kappa shape index (κ2) is 5.84. The van der Waals surface area contributed by atoms with Crippen LogP contribution in [0.5, 0.6) is 0 Å². The van der Waals surface area contributed by atoms with Gasteiger partial charge < -0.3 is 10.4 Å². The maximum atomic E-state index is 11.0. The van der Waals surface area contributed by atoms with Crippen LogP contribution in [0.25, 0.3) is 10.9 Å². The Kier molecular flexibility index (Phi) is 3.74. The van der Waals surface area contributed by atoms with Crippen LogP contribution < -0.4 is 5.32 Å². The molecule has 0 aliphatic carbocycles. The van der Waals surface area contributed by atoms with E-state index in [4.69, 9.17) is 5.11 Å². The van der Waals surface area contributed by atoms with Crippen LogP contribution in [0, 0.1) is 0 Å². The van der Waals surface area contributed by atoms with Crippen molar-refractivity contribution in [3.63, 3.8) is 0 Å². The fourth-order valence-corrected chi connectivity index (χ4v) is 2.59. The molecule has 0 radical (unpaired) electrons. The highest BCUT2D eigenvalue weighted by atomic mass is 32.1. The molecule has 6 nitrogen and oxygen atoms in total. The van der Waals surface area contributed by atoms with Gasteiger partial charge >= 0.3 is 5.97 Å². The molecule has 0 fully saturated rings. The zero-order valence-electron chi connectivity index (χ0n) is 11.0. The average Bonchev–Trinajstić information content (AvgIpc) is 3.00.